The maximum Gasteiger partial charge on any atom is 0.257 e. The van der Waals surface area contributed by atoms with Crippen molar-refractivity contribution in [3.63, 3.8) is 0 Å². The van der Waals surface area contributed by atoms with E-state index >= 15 is 0 Å². The van der Waals surface area contributed by atoms with Crippen LogP contribution < -0.4 is 10.1 Å². The number of benzene rings is 1. The molecule has 0 bridgehead atoms. The quantitative estimate of drug-likeness (QED) is 0.844. The molecule has 0 aliphatic rings. The van der Waals surface area contributed by atoms with Crippen molar-refractivity contribution in [1.82, 2.24) is 5.32 Å². The molecule has 0 saturated heterocycles. The number of carbonyl (C=O) groups excluding carboxylic acids is 1. The van der Waals surface area contributed by atoms with Crippen LogP contribution in [0, 0.1) is 6.92 Å². The first-order valence-electron chi connectivity index (χ1n) is 5.82. The average molecular weight is 316 g/mol. The number of aliphatic hydroxyl groups is 1. The Hall–Kier alpha value is -1.07. The normalized spacial score (nSPS) is 12.0. The van der Waals surface area contributed by atoms with Gasteiger partial charge in [-0.25, -0.2) is 0 Å². The molecule has 1 amide bonds. The molecule has 0 aliphatic carbocycles. The summed E-state index contributed by atoms with van der Waals surface area (Å²) in [5.41, 5.74) is 1.12. The van der Waals surface area contributed by atoms with E-state index in [1.807, 2.05) is 25.1 Å². The molecule has 0 aromatic heterocycles. The molecule has 0 saturated carbocycles. The van der Waals surface area contributed by atoms with Crippen LogP contribution >= 0.6 is 15.9 Å². The number of aliphatic hydroxyl groups excluding tert-OH is 1. The summed E-state index contributed by atoms with van der Waals surface area (Å²) in [5.74, 6) is 0.453. The highest BCUT2D eigenvalue weighted by Crippen LogP contribution is 2.25. The molecule has 1 unspecified atom stereocenters. The lowest BCUT2D eigenvalue weighted by molar-refractivity contribution is -0.123. The van der Waals surface area contributed by atoms with E-state index in [0.717, 1.165) is 10.0 Å². The molecule has 0 heterocycles. The van der Waals surface area contributed by atoms with Gasteiger partial charge in [0.25, 0.3) is 5.91 Å². The molecule has 0 fully saturated rings. The van der Waals surface area contributed by atoms with Crippen LogP contribution in [0.1, 0.15) is 18.9 Å². The molecule has 0 radical (unpaired) electrons. The maximum atomic E-state index is 11.4. The van der Waals surface area contributed by atoms with E-state index in [9.17, 15) is 4.79 Å². The number of rotatable bonds is 6. The largest absolute Gasteiger partial charge is 0.483 e. The zero-order valence-corrected chi connectivity index (χ0v) is 12.2. The van der Waals surface area contributed by atoms with E-state index in [0.29, 0.717) is 18.7 Å². The predicted molar refractivity (Wildman–Crippen MR) is 73.7 cm³/mol. The first kappa shape index (κ1) is 15.0. The smallest absolute Gasteiger partial charge is 0.257 e. The number of hydrogen-bond donors (Lipinski definition) is 2. The molecular weight excluding hydrogens is 298 g/mol. The molecule has 18 heavy (non-hydrogen) atoms. The van der Waals surface area contributed by atoms with Gasteiger partial charge in [0.1, 0.15) is 5.75 Å². The van der Waals surface area contributed by atoms with Crippen molar-refractivity contribution in [3.8, 4) is 5.75 Å². The van der Waals surface area contributed by atoms with Crippen LogP contribution in [0.25, 0.3) is 0 Å². The molecule has 5 heteroatoms. The Kier molecular flexibility index (Phi) is 6.15. The molecule has 1 aromatic rings. The Morgan fingerprint density at radius 2 is 2.28 bits per heavy atom. The van der Waals surface area contributed by atoms with Crippen molar-refractivity contribution in [1.29, 1.82) is 0 Å². The molecule has 0 aliphatic heterocycles. The summed E-state index contributed by atoms with van der Waals surface area (Å²) in [4.78, 5) is 11.4. The fourth-order valence-electron chi connectivity index (χ4n) is 1.34. The molecule has 1 rings (SSSR count). The Morgan fingerprint density at radius 1 is 1.56 bits per heavy atom. The number of hydrogen-bond acceptors (Lipinski definition) is 3. The SMILES string of the molecule is Cc1ccc(OCC(=O)NCCC(C)O)c(Br)c1. The lowest BCUT2D eigenvalue weighted by Gasteiger charge is -2.10. The van der Waals surface area contributed by atoms with Gasteiger partial charge in [0.15, 0.2) is 6.61 Å². The number of carbonyl (C=O) groups is 1. The van der Waals surface area contributed by atoms with Crippen LogP contribution in [0.3, 0.4) is 0 Å². The van der Waals surface area contributed by atoms with E-state index in [1.54, 1.807) is 6.92 Å². The number of amides is 1. The van der Waals surface area contributed by atoms with Gasteiger partial charge in [-0.1, -0.05) is 6.07 Å². The number of ether oxygens (including phenoxy) is 1. The standard InChI is InChI=1S/C13H18BrNO3/c1-9-3-4-12(11(14)7-9)18-8-13(17)15-6-5-10(2)16/h3-4,7,10,16H,5-6,8H2,1-2H3,(H,15,17). The van der Waals surface area contributed by atoms with Crippen molar-refractivity contribution in [2.24, 2.45) is 0 Å². The molecule has 100 valence electrons. The van der Waals surface area contributed by atoms with Gasteiger partial charge in [0.05, 0.1) is 10.6 Å². The maximum absolute atomic E-state index is 11.4. The first-order valence-corrected chi connectivity index (χ1v) is 6.62. The predicted octanol–water partition coefficient (Wildman–Crippen LogP) is 2.02. The number of halogens is 1. The molecule has 0 spiro atoms. The summed E-state index contributed by atoms with van der Waals surface area (Å²) in [6.07, 6.45) is 0.137. The molecular formula is C13H18BrNO3. The molecule has 2 N–H and O–H groups in total. The van der Waals surface area contributed by atoms with E-state index in [2.05, 4.69) is 21.2 Å². The van der Waals surface area contributed by atoms with Gasteiger partial charge in [-0.05, 0) is 53.9 Å². The second kappa shape index (κ2) is 7.38. The third kappa shape index (κ3) is 5.51. The van der Waals surface area contributed by atoms with Crippen LogP contribution in [0.2, 0.25) is 0 Å². The average Bonchev–Trinajstić information content (AvgIpc) is 2.27. The van der Waals surface area contributed by atoms with Gasteiger partial charge in [0, 0.05) is 6.54 Å². The van der Waals surface area contributed by atoms with E-state index < -0.39 is 6.10 Å². The van der Waals surface area contributed by atoms with Crippen molar-refractivity contribution in [2.45, 2.75) is 26.4 Å². The van der Waals surface area contributed by atoms with Crippen molar-refractivity contribution >= 4 is 21.8 Å². The summed E-state index contributed by atoms with van der Waals surface area (Å²) < 4.78 is 6.22. The highest BCUT2D eigenvalue weighted by Gasteiger charge is 2.05. The zero-order valence-electron chi connectivity index (χ0n) is 10.6. The van der Waals surface area contributed by atoms with E-state index in [4.69, 9.17) is 9.84 Å². The highest BCUT2D eigenvalue weighted by molar-refractivity contribution is 9.10. The number of aryl methyl sites for hydroxylation is 1. The fraction of sp³-hybridized carbons (Fsp3) is 0.462. The fourth-order valence-corrected chi connectivity index (χ4v) is 1.95. The Labute approximate surface area is 115 Å². The highest BCUT2D eigenvalue weighted by atomic mass is 79.9. The second-order valence-electron chi connectivity index (χ2n) is 4.21. The molecule has 1 aromatic carbocycles. The molecule has 1 atom stereocenters. The van der Waals surface area contributed by atoms with Gasteiger partial charge in [0.2, 0.25) is 0 Å². The lowest BCUT2D eigenvalue weighted by Crippen LogP contribution is -2.31. The minimum Gasteiger partial charge on any atom is -0.483 e. The minimum atomic E-state index is -0.405. The van der Waals surface area contributed by atoms with Crippen molar-refractivity contribution in [3.05, 3.63) is 28.2 Å². The third-order valence-electron chi connectivity index (χ3n) is 2.33. The minimum absolute atomic E-state index is 0.0263. The van der Waals surface area contributed by atoms with E-state index in [-0.39, 0.29) is 12.5 Å². The summed E-state index contributed by atoms with van der Waals surface area (Å²) >= 11 is 3.38. The van der Waals surface area contributed by atoms with Gasteiger partial charge < -0.3 is 15.2 Å². The Balaban J connectivity index is 2.33. The van der Waals surface area contributed by atoms with Crippen LogP contribution in [0.15, 0.2) is 22.7 Å². The van der Waals surface area contributed by atoms with Crippen LogP contribution in [0.5, 0.6) is 5.75 Å². The lowest BCUT2D eigenvalue weighted by atomic mass is 10.2. The van der Waals surface area contributed by atoms with Gasteiger partial charge in [-0.2, -0.15) is 0 Å². The van der Waals surface area contributed by atoms with Crippen LogP contribution in [-0.4, -0.2) is 30.3 Å². The van der Waals surface area contributed by atoms with Crippen LogP contribution in [0.4, 0.5) is 0 Å². The van der Waals surface area contributed by atoms with Crippen molar-refractivity contribution in [2.75, 3.05) is 13.2 Å². The summed E-state index contributed by atoms with van der Waals surface area (Å²) in [6, 6.07) is 5.68. The zero-order chi connectivity index (χ0) is 13.5. The van der Waals surface area contributed by atoms with E-state index in [1.165, 1.54) is 0 Å². The van der Waals surface area contributed by atoms with Gasteiger partial charge in [-0.15, -0.1) is 0 Å². The van der Waals surface area contributed by atoms with Crippen molar-refractivity contribution < 1.29 is 14.6 Å². The second-order valence-corrected chi connectivity index (χ2v) is 5.06. The summed E-state index contributed by atoms with van der Waals surface area (Å²) in [5, 5.41) is 11.7. The van der Waals surface area contributed by atoms with Crippen LogP contribution in [-0.2, 0) is 4.79 Å². The summed E-state index contributed by atoms with van der Waals surface area (Å²) in [7, 11) is 0. The Morgan fingerprint density at radius 3 is 2.89 bits per heavy atom. The van der Waals surface area contributed by atoms with Gasteiger partial charge >= 0.3 is 0 Å². The monoisotopic (exact) mass is 315 g/mol. The van der Waals surface area contributed by atoms with Gasteiger partial charge in [-0.3, -0.25) is 4.79 Å². The third-order valence-corrected chi connectivity index (χ3v) is 2.95. The molecule has 4 nitrogen and oxygen atoms in total. The first-order chi connectivity index (χ1) is 8.49. The Bertz CT molecular complexity index is 407. The summed E-state index contributed by atoms with van der Waals surface area (Å²) in [6.45, 7) is 4.10. The number of nitrogens with one attached hydrogen (secondary N) is 1. The topological polar surface area (TPSA) is 58.6 Å².